The summed E-state index contributed by atoms with van der Waals surface area (Å²) < 4.78 is 28.6. The van der Waals surface area contributed by atoms with Crippen LogP contribution in [0.15, 0.2) is 64.4 Å². The van der Waals surface area contributed by atoms with E-state index < -0.39 is 10.0 Å². The van der Waals surface area contributed by atoms with Gasteiger partial charge in [0.05, 0.1) is 17.1 Å². The predicted molar refractivity (Wildman–Crippen MR) is 89.0 cm³/mol. The van der Waals surface area contributed by atoms with Crippen LogP contribution in [0.2, 0.25) is 0 Å². The zero-order chi connectivity index (χ0) is 16.2. The van der Waals surface area contributed by atoms with Crippen LogP contribution in [0.4, 0.5) is 5.69 Å². The van der Waals surface area contributed by atoms with Gasteiger partial charge in [-0.25, -0.2) is 8.42 Å². The number of rotatable bonds is 2. The monoisotopic (exact) mass is 326 g/mol. The van der Waals surface area contributed by atoms with E-state index in [-0.39, 0.29) is 12.1 Å². The topological polar surface area (TPSA) is 59.4 Å². The second-order valence-corrected chi connectivity index (χ2v) is 7.46. The number of nitrogens with zero attached hydrogens (tertiary/aromatic N) is 2. The molecule has 0 saturated carbocycles. The van der Waals surface area contributed by atoms with E-state index in [1.807, 2.05) is 18.2 Å². The summed E-state index contributed by atoms with van der Waals surface area (Å²) in [5.41, 5.74) is 1.18. The Balaban J connectivity index is 1.89. The van der Waals surface area contributed by atoms with Crippen molar-refractivity contribution in [2.75, 3.05) is 4.31 Å². The first kappa shape index (κ1) is 14.0. The molecule has 0 aliphatic carbocycles. The van der Waals surface area contributed by atoms with E-state index in [1.165, 1.54) is 14.9 Å². The molecule has 0 unspecified atom stereocenters. The van der Waals surface area contributed by atoms with Crippen LogP contribution in [0.1, 0.15) is 5.56 Å². The van der Waals surface area contributed by atoms with Gasteiger partial charge in [0.2, 0.25) is 0 Å². The lowest BCUT2D eigenvalue weighted by Gasteiger charge is -2.19. The summed E-state index contributed by atoms with van der Waals surface area (Å²) in [6, 6.07) is 14.1. The Kier molecular flexibility index (Phi) is 2.86. The number of hydrogen-bond acceptors (Lipinski definition) is 3. The summed E-state index contributed by atoms with van der Waals surface area (Å²) in [6.45, 7) is 0.145. The van der Waals surface area contributed by atoms with E-state index in [0.717, 1.165) is 10.8 Å². The molecule has 116 valence electrons. The van der Waals surface area contributed by atoms with Gasteiger partial charge in [-0.15, -0.1) is 0 Å². The number of aromatic nitrogens is 1. The number of benzene rings is 2. The molecule has 6 heteroatoms. The minimum Gasteiger partial charge on any atom is -0.319 e. The zero-order valence-corrected chi connectivity index (χ0v) is 13.2. The first-order valence-corrected chi connectivity index (χ1v) is 8.62. The molecular weight excluding hydrogens is 312 g/mol. The highest BCUT2D eigenvalue weighted by Crippen LogP contribution is 2.42. The van der Waals surface area contributed by atoms with Crippen molar-refractivity contribution in [1.82, 2.24) is 4.57 Å². The van der Waals surface area contributed by atoms with Crippen molar-refractivity contribution in [3.63, 3.8) is 0 Å². The summed E-state index contributed by atoms with van der Waals surface area (Å²) in [5, 5.41) is 1.65. The Morgan fingerprint density at radius 3 is 2.52 bits per heavy atom. The molecule has 3 aromatic rings. The molecule has 0 fully saturated rings. The van der Waals surface area contributed by atoms with Gasteiger partial charge in [-0.3, -0.25) is 9.10 Å². The van der Waals surface area contributed by atoms with Crippen LogP contribution in [-0.2, 0) is 23.6 Å². The van der Waals surface area contributed by atoms with Gasteiger partial charge in [0.25, 0.3) is 15.6 Å². The summed E-state index contributed by atoms with van der Waals surface area (Å²) in [5.74, 6) is 0. The van der Waals surface area contributed by atoms with E-state index in [2.05, 4.69) is 0 Å². The highest BCUT2D eigenvalue weighted by molar-refractivity contribution is 7.93. The van der Waals surface area contributed by atoms with Gasteiger partial charge in [0, 0.05) is 24.7 Å². The van der Waals surface area contributed by atoms with E-state index in [1.54, 1.807) is 37.5 Å². The van der Waals surface area contributed by atoms with Crippen LogP contribution >= 0.6 is 0 Å². The van der Waals surface area contributed by atoms with E-state index >= 15 is 0 Å². The Bertz CT molecular complexity index is 1100. The van der Waals surface area contributed by atoms with Crippen molar-refractivity contribution >= 4 is 26.5 Å². The van der Waals surface area contributed by atoms with Crippen LogP contribution in [0.3, 0.4) is 0 Å². The number of aryl methyl sites for hydroxylation is 1. The molecule has 4 rings (SSSR count). The Morgan fingerprint density at radius 1 is 1.04 bits per heavy atom. The van der Waals surface area contributed by atoms with Crippen LogP contribution in [0.5, 0.6) is 0 Å². The second-order valence-electron chi connectivity index (χ2n) is 5.63. The highest BCUT2D eigenvalue weighted by Gasteiger charge is 2.35. The SMILES string of the molecule is Cn1ccc(CN2c3cccc4cccc(c34)S2(=O)=O)cc1=O. The predicted octanol–water partition coefficient (Wildman–Crippen LogP) is 2.25. The van der Waals surface area contributed by atoms with Crippen LogP contribution in [-0.4, -0.2) is 13.0 Å². The number of pyridine rings is 1. The van der Waals surface area contributed by atoms with Crippen LogP contribution < -0.4 is 9.86 Å². The second kappa shape index (κ2) is 4.70. The molecule has 1 aliphatic rings. The van der Waals surface area contributed by atoms with Crippen molar-refractivity contribution in [2.24, 2.45) is 7.05 Å². The minimum atomic E-state index is -3.60. The summed E-state index contributed by atoms with van der Waals surface area (Å²) in [6.07, 6.45) is 1.65. The Labute approximate surface area is 133 Å². The molecule has 0 spiro atoms. The summed E-state index contributed by atoms with van der Waals surface area (Å²) >= 11 is 0. The lowest BCUT2D eigenvalue weighted by molar-refractivity contribution is 0.593. The Hall–Kier alpha value is -2.60. The van der Waals surface area contributed by atoms with Gasteiger partial charge in [-0.1, -0.05) is 24.3 Å². The molecule has 1 aliphatic heterocycles. The van der Waals surface area contributed by atoms with Gasteiger partial charge in [0.15, 0.2) is 0 Å². The lowest BCUT2D eigenvalue weighted by Crippen LogP contribution is -2.27. The molecule has 0 saturated heterocycles. The maximum Gasteiger partial charge on any atom is 0.265 e. The standard InChI is InChI=1S/C17H14N2O3S/c1-18-9-8-12(10-16(18)20)11-19-14-6-2-4-13-5-3-7-15(17(13)14)23(19,21)22/h2-10H,11H2,1H3. The van der Waals surface area contributed by atoms with Crippen LogP contribution in [0.25, 0.3) is 10.8 Å². The summed E-state index contributed by atoms with van der Waals surface area (Å²) in [4.78, 5) is 12.1. The van der Waals surface area contributed by atoms with Crippen LogP contribution in [0, 0.1) is 0 Å². The van der Waals surface area contributed by atoms with Crippen molar-refractivity contribution in [1.29, 1.82) is 0 Å². The van der Waals surface area contributed by atoms with Gasteiger partial charge < -0.3 is 4.57 Å². The summed E-state index contributed by atoms with van der Waals surface area (Å²) in [7, 11) is -1.93. The maximum absolute atomic E-state index is 12.9. The minimum absolute atomic E-state index is 0.145. The zero-order valence-electron chi connectivity index (χ0n) is 12.4. The largest absolute Gasteiger partial charge is 0.319 e. The van der Waals surface area contributed by atoms with Gasteiger partial charge in [0.1, 0.15) is 0 Å². The van der Waals surface area contributed by atoms with E-state index in [4.69, 9.17) is 0 Å². The van der Waals surface area contributed by atoms with Crippen molar-refractivity contribution in [2.45, 2.75) is 11.4 Å². The fourth-order valence-corrected chi connectivity index (χ4v) is 4.68. The molecule has 2 aromatic carbocycles. The molecule has 0 amide bonds. The molecule has 0 atom stereocenters. The third kappa shape index (κ3) is 1.98. The number of hydrogen-bond donors (Lipinski definition) is 0. The molecule has 5 nitrogen and oxygen atoms in total. The molecule has 0 bridgehead atoms. The smallest absolute Gasteiger partial charge is 0.265 e. The third-order valence-electron chi connectivity index (χ3n) is 4.18. The molecule has 23 heavy (non-hydrogen) atoms. The van der Waals surface area contributed by atoms with Crippen molar-refractivity contribution < 1.29 is 8.42 Å². The molecule has 2 heterocycles. The molecule has 0 radical (unpaired) electrons. The highest BCUT2D eigenvalue weighted by atomic mass is 32.2. The van der Waals surface area contributed by atoms with Gasteiger partial charge >= 0.3 is 0 Å². The fourth-order valence-electron chi connectivity index (χ4n) is 2.98. The maximum atomic E-state index is 12.9. The lowest BCUT2D eigenvalue weighted by atomic mass is 10.1. The quantitative estimate of drug-likeness (QED) is 0.726. The van der Waals surface area contributed by atoms with Crippen molar-refractivity contribution in [3.8, 4) is 0 Å². The van der Waals surface area contributed by atoms with Gasteiger partial charge in [-0.05, 0) is 29.1 Å². The average Bonchev–Trinajstić information content (AvgIpc) is 2.75. The van der Waals surface area contributed by atoms with Gasteiger partial charge in [-0.2, -0.15) is 0 Å². The Morgan fingerprint density at radius 2 is 1.78 bits per heavy atom. The van der Waals surface area contributed by atoms with E-state index in [9.17, 15) is 13.2 Å². The van der Waals surface area contributed by atoms with E-state index in [0.29, 0.717) is 16.1 Å². The van der Waals surface area contributed by atoms with Crippen molar-refractivity contribution in [3.05, 3.63) is 70.6 Å². The first-order chi connectivity index (χ1) is 11.0. The first-order valence-electron chi connectivity index (χ1n) is 7.18. The molecule has 0 N–H and O–H groups in total. The molecule has 1 aromatic heterocycles. The third-order valence-corrected chi connectivity index (χ3v) is 5.98. The average molecular weight is 326 g/mol. The number of anilines is 1. The molecular formula is C17H14N2O3S. The normalized spacial score (nSPS) is 15.3. The fraction of sp³-hybridized carbons (Fsp3) is 0.118. The number of sulfonamides is 1.